The Bertz CT molecular complexity index is 897. The molecule has 30 heavy (non-hydrogen) atoms. The molecule has 0 aliphatic heterocycles. The van der Waals surface area contributed by atoms with Gasteiger partial charge in [0.05, 0.1) is 5.56 Å². The van der Waals surface area contributed by atoms with E-state index in [2.05, 4.69) is 10.6 Å². The number of nitrogens with one attached hydrogen (secondary N) is 2. The molecule has 2 amide bonds. The Balaban J connectivity index is 1.76. The van der Waals surface area contributed by atoms with Crippen LogP contribution in [0.25, 0.3) is 0 Å². The van der Waals surface area contributed by atoms with Crippen LogP contribution >= 0.6 is 0 Å². The van der Waals surface area contributed by atoms with E-state index in [0.717, 1.165) is 24.3 Å². The van der Waals surface area contributed by atoms with Crippen LogP contribution in [0.15, 0.2) is 48.5 Å². The number of esters is 1. The highest BCUT2D eigenvalue weighted by Crippen LogP contribution is 2.29. The van der Waals surface area contributed by atoms with Crippen molar-refractivity contribution >= 4 is 17.8 Å². The van der Waals surface area contributed by atoms with Crippen LogP contribution in [0.2, 0.25) is 0 Å². The second-order valence-corrected chi connectivity index (χ2v) is 6.23. The van der Waals surface area contributed by atoms with Gasteiger partial charge in [0.15, 0.2) is 6.10 Å². The Morgan fingerprint density at radius 1 is 0.967 bits per heavy atom. The summed E-state index contributed by atoms with van der Waals surface area (Å²) in [7, 11) is 0. The highest BCUT2D eigenvalue weighted by molar-refractivity contribution is 5.96. The number of carbonyl (C=O) groups excluding carboxylic acids is 3. The number of amides is 2. The lowest BCUT2D eigenvalue weighted by atomic mass is 10.1. The molecular formula is C20H18F4N2O4. The fraction of sp³-hybridized carbons (Fsp3) is 0.250. The maximum absolute atomic E-state index is 12.8. The Hall–Kier alpha value is -3.43. The van der Waals surface area contributed by atoms with Crippen LogP contribution < -0.4 is 10.6 Å². The van der Waals surface area contributed by atoms with Crippen LogP contribution in [0, 0.1) is 5.82 Å². The van der Waals surface area contributed by atoms with E-state index in [1.54, 1.807) is 0 Å². The maximum atomic E-state index is 12.8. The third-order valence-electron chi connectivity index (χ3n) is 3.93. The summed E-state index contributed by atoms with van der Waals surface area (Å²) >= 11 is 0. The van der Waals surface area contributed by atoms with Gasteiger partial charge in [0.2, 0.25) is 0 Å². The van der Waals surface area contributed by atoms with Crippen LogP contribution in [0.4, 0.5) is 17.6 Å². The number of rotatable bonds is 7. The SMILES string of the molecule is CC(OC(=O)CNC(=O)c1ccc(C(F)(F)F)cc1)C(=O)NCc1ccc(F)cc1. The molecular weight excluding hydrogens is 408 g/mol. The van der Waals surface area contributed by atoms with Crippen molar-refractivity contribution in [2.24, 2.45) is 0 Å². The molecule has 6 nitrogen and oxygen atoms in total. The number of carbonyl (C=O) groups is 3. The first-order valence-electron chi connectivity index (χ1n) is 8.73. The van der Waals surface area contributed by atoms with E-state index in [4.69, 9.17) is 4.74 Å². The molecule has 2 aromatic carbocycles. The summed E-state index contributed by atoms with van der Waals surface area (Å²) in [5.41, 5.74) is -0.327. The normalized spacial score (nSPS) is 12.0. The topological polar surface area (TPSA) is 84.5 Å². The molecule has 2 aromatic rings. The predicted molar refractivity (Wildman–Crippen MR) is 97.6 cm³/mol. The number of hydrogen-bond donors (Lipinski definition) is 2. The summed E-state index contributed by atoms with van der Waals surface area (Å²) in [5.74, 6) is -2.68. The minimum absolute atomic E-state index is 0.0686. The molecule has 2 rings (SSSR count). The van der Waals surface area contributed by atoms with Gasteiger partial charge in [-0.25, -0.2) is 4.39 Å². The average Bonchev–Trinajstić information content (AvgIpc) is 2.70. The smallest absolute Gasteiger partial charge is 0.416 e. The summed E-state index contributed by atoms with van der Waals surface area (Å²) in [6.45, 7) is 0.858. The molecule has 10 heteroatoms. The van der Waals surface area contributed by atoms with Crippen LogP contribution in [0.1, 0.15) is 28.4 Å². The van der Waals surface area contributed by atoms with Gasteiger partial charge < -0.3 is 15.4 Å². The number of benzene rings is 2. The largest absolute Gasteiger partial charge is 0.451 e. The molecule has 1 atom stereocenters. The molecule has 2 N–H and O–H groups in total. The van der Waals surface area contributed by atoms with Crippen LogP contribution in [0.5, 0.6) is 0 Å². The quantitative estimate of drug-likeness (QED) is 0.527. The van der Waals surface area contributed by atoms with E-state index in [1.165, 1.54) is 31.2 Å². The lowest BCUT2D eigenvalue weighted by Crippen LogP contribution is -2.38. The van der Waals surface area contributed by atoms with Gasteiger partial charge in [-0.15, -0.1) is 0 Å². The molecule has 160 valence electrons. The molecule has 0 aliphatic carbocycles. The molecule has 0 saturated heterocycles. The zero-order chi connectivity index (χ0) is 22.3. The van der Waals surface area contributed by atoms with Crippen molar-refractivity contribution in [3.8, 4) is 0 Å². The van der Waals surface area contributed by atoms with Crippen molar-refractivity contribution in [2.45, 2.75) is 25.7 Å². The number of hydrogen-bond acceptors (Lipinski definition) is 4. The molecule has 0 spiro atoms. The van der Waals surface area contributed by atoms with Crippen molar-refractivity contribution in [3.05, 3.63) is 71.0 Å². The van der Waals surface area contributed by atoms with Crippen molar-refractivity contribution in [3.63, 3.8) is 0 Å². The minimum Gasteiger partial charge on any atom is -0.451 e. The molecule has 0 heterocycles. The van der Waals surface area contributed by atoms with Crippen LogP contribution in [-0.2, 0) is 27.0 Å². The van der Waals surface area contributed by atoms with E-state index >= 15 is 0 Å². The van der Waals surface area contributed by atoms with Gasteiger partial charge in [0.25, 0.3) is 11.8 Å². The molecule has 0 saturated carbocycles. The highest BCUT2D eigenvalue weighted by Gasteiger charge is 2.30. The summed E-state index contributed by atoms with van der Waals surface area (Å²) in [6, 6.07) is 8.92. The van der Waals surface area contributed by atoms with E-state index in [9.17, 15) is 31.9 Å². The summed E-state index contributed by atoms with van der Waals surface area (Å²) < 4.78 is 55.3. The Morgan fingerprint density at radius 2 is 1.57 bits per heavy atom. The molecule has 0 aromatic heterocycles. The monoisotopic (exact) mass is 426 g/mol. The number of ether oxygens (including phenoxy) is 1. The minimum atomic E-state index is -4.52. The lowest BCUT2D eigenvalue weighted by Gasteiger charge is -2.14. The standard InChI is InChI=1S/C20H18F4N2O4/c1-12(18(28)25-10-13-2-8-16(21)9-3-13)30-17(27)11-26-19(29)14-4-6-15(7-5-14)20(22,23)24/h2-9,12H,10-11H2,1H3,(H,25,28)(H,26,29). The van der Waals surface area contributed by atoms with Gasteiger partial charge in [-0.05, 0) is 48.9 Å². The zero-order valence-corrected chi connectivity index (χ0v) is 15.8. The fourth-order valence-electron chi connectivity index (χ4n) is 2.29. The highest BCUT2D eigenvalue weighted by atomic mass is 19.4. The summed E-state index contributed by atoms with van der Waals surface area (Å²) in [4.78, 5) is 35.6. The average molecular weight is 426 g/mol. The van der Waals surface area contributed by atoms with Crippen molar-refractivity contribution < 1.29 is 36.7 Å². The van der Waals surface area contributed by atoms with Crippen LogP contribution in [0.3, 0.4) is 0 Å². The van der Waals surface area contributed by atoms with Crippen molar-refractivity contribution in [1.82, 2.24) is 10.6 Å². The molecule has 0 aliphatic rings. The van der Waals surface area contributed by atoms with E-state index < -0.39 is 48.0 Å². The third-order valence-corrected chi connectivity index (χ3v) is 3.93. The number of halogens is 4. The molecule has 0 fully saturated rings. The van der Waals surface area contributed by atoms with Crippen molar-refractivity contribution in [1.29, 1.82) is 0 Å². The Morgan fingerprint density at radius 3 is 2.13 bits per heavy atom. The summed E-state index contributed by atoms with van der Waals surface area (Å²) in [6.07, 6.45) is -5.67. The zero-order valence-electron chi connectivity index (χ0n) is 15.8. The van der Waals surface area contributed by atoms with Crippen molar-refractivity contribution in [2.75, 3.05) is 6.54 Å². The van der Waals surface area contributed by atoms with Gasteiger partial charge >= 0.3 is 12.1 Å². The second kappa shape index (κ2) is 9.86. The fourth-order valence-corrected chi connectivity index (χ4v) is 2.29. The summed E-state index contributed by atoms with van der Waals surface area (Å²) in [5, 5.41) is 4.72. The predicted octanol–water partition coefficient (Wildman–Crippen LogP) is 2.82. The van der Waals surface area contributed by atoms with Gasteiger partial charge in [-0.2, -0.15) is 13.2 Å². The first kappa shape index (κ1) is 22.9. The number of alkyl halides is 3. The Kier molecular flexibility index (Phi) is 7.51. The maximum Gasteiger partial charge on any atom is 0.416 e. The molecule has 1 unspecified atom stereocenters. The Labute approximate surface area is 169 Å². The van der Waals surface area contributed by atoms with Gasteiger partial charge in [-0.1, -0.05) is 12.1 Å². The van der Waals surface area contributed by atoms with Gasteiger partial charge in [0, 0.05) is 12.1 Å². The third kappa shape index (κ3) is 6.87. The van der Waals surface area contributed by atoms with Gasteiger partial charge in [0.1, 0.15) is 12.4 Å². The first-order valence-corrected chi connectivity index (χ1v) is 8.73. The van der Waals surface area contributed by atoms with E-state index in [0.29, 0.717) is 5.56 Å². The van der Waals surface area contributed by atoms with Gasteiger partial charge in [-0.3, -0.25) is 14.4 Å². The van der Waals surface area contributed by atoms with E-state index in [-0.39, 0.29) is 12.1 Å². The van der Waals surface area contributed by atoms with Crippen LogP contribution in [-0.4, -0.2) is 30.4 Å². The lowest BCUT2D eigenvalue weighted by molar-refractivity contribution is -0.153. The van der Waals surface area contributed by atoms with E-state index in [1.807, 2.05) is 0 Å². The molecule has 0 bridgehead atoms. The second-order valence-electron chi connectivity index (χ2n) is 6.23. The first-order chi connectivity index (χ1) is 14.1. The molecule has 0 radical (unpaired) electrons.